The summed E-state index contributed by atoms with van der Waals surface area (Å²) in [5, 5.41) is 3.42. The molecule has 0 unspecified atom stereocenters. The molecule has 0 spiro atoms. The van der Waals surface area contributed by atoms with E-state index in [9.17, 15) is 9.59 Å². The Labute approximate surface area is 160 Å². The van der Waals surface area contributed by atoms with Crippen molar-refractivity contribution in [2.45, 2.75) is 39.8 Å². The van der Waals surface area contributed by atoms with Gasteiger partial charge in [0, 0.05) is 36.9 Å². The first-order chi connectivity index (χ1) is 12.3. The Balaban J connectivity index is 1.94. The number of ether oxygens (including phenoxy) is 1. The fourth-order valence-electron chi connectivity index (χ4n) is 2.92. The number of alkyl carbamates (subject to hydrolysis) is 1. The van der Waals surface area contributed by atoms with Crippen LogP contribution in [0.1, 0.15) is 27.7 Å². The maximum absolute atomic E-state index is 12.9. The maximum Gasteiger partial charge on any atom is 0.408 e. The number of hydrogen-bond acceptors (Lipinski definition) is 4. The predicted molar refractivity (Wildman–Crippen MR) is 104 cm³/mol. The van der Waals surface area contributed by atoms with Crippen molar-refractivity contribution in [2.75, 3.05) is 31.1 Å². The number of benzene rings is 1. The van der Waals surface area contributed by atoms with Crippen molar-refractivity contribution in [3.8, 4) is 0 Å². The molecule has 1 atom stereocenters. The quantitative estimate of drug-likeness (QED) is 0.851. The molecule has 1 aliphatic heterocycles. The number of nitrogens with zero attached hydrogens (tertiary/aromatic N) is 2. The number of piperazine rings is 1. The van der Waals surface area contributed by atoms with E-state index in [-0.39, 0.29) is 17.9 Å². The normalized spacial score (nSPS) is 16.0. The molecule has 0 bridgehead atoms. The first-order valence-electron chi connectivity index (χ1n) is 9.04. The molecule has 1 aliphatic rings. The summed E-state index contributed by atoms with van der Waals surface area (Å²) in [4.78, 5) is 28.8. The Hall–Kier alpha value is -1.95. The Morgan fingerprint density at radius 3 is 2.12 bits per heavy atom. The summed E-state index contributed by atoms with van der Waals surface area (Å²) in [7, 11) is 0. The van der Waals surface area contributed by atoms with Crippen molar-refractivity contribution in [3.05, 3.63) is 29.3 Å². The molecule has 1 heterocycles. The van der Waals surface area contributed by atoms with E-state index in [1.165, 1.54) is 0 Å². The molecule has 1 fully saturated rings. The summed E-state index contributed by atoms with van der Waals surface area (Å²) in [6, 6.07) is 7.13. The van der Waals surface area contributed by atoms with Crippen LogP contribution in [-0.2, 0) is 9.53 Å². The van der Waals surface area contributed by atoms with Gasteiger partial charge in [0.05, 0.1) is 6.10 Å². The SMILES string of the molecule is CC(C)OC(=O)N[C@H](C(=O)N1CCN(c2ccc(Cl)cc2)CC1)C(C)C. The fraction of sp³-hybridized carbons (Fsp3) is 0.579. The lowest BCUT2D eigenvalue weighted by atomic mass is 10.0. The molecule has 6 nitrogen and oxygen atoms in total. The number of hydrogen-bond donors (Lipinski definition) is 1. The molecule has 144 valence electrons. The van der Waals surface area contributed by atoms with Crippen LogP contribution >= 0.6 is 11.6 Å². The van der Waals surface area contributed by atoms with Gasteiger partial charge in [0.15, 0.2) is 0 Å². The minimum atomic E-state index is -0.580. The van der Waals surface area contributed by atoms with Gasteiger partial charge in [-0.05, 0) is 44.0 Å². The van der Waals surface area contributed by atoms with Crippen LogP contribution in [0, 0.1) is 5.92 Å². The number of amides is 2. The Morgan fingerprint density at radius 1 is 1.04 bits per heavy atom. The van der Waals surface area contributed by atoms with Gasteiger partial charge in [-0.2, -0.15) is 0 Å². The van der Waals surface area contributed by atoms with Gasteiger partial charge in [0.25, 0.3) is 0 Å². The highest BCUT2D eigenvalue weighted by Crippen LogP contribution is 2.20. The highest BCUT2D eigenvalue weighted by atomic mass is 35.5. The first kappa shape index (κ1) is 20.4. The second kappa shape index (κ2) is 9.12. The first-order valence-corrected chi connectivity index (χ1v) is 9.42. The van der Waals surface area contributed by atoms with E-state index in [1.807, 2.05) is 43.0 Å². The summed E-state index contributed by atoms with van der Waals surface area (Å²) < 4.78 is 5.11. The zero-order valence-corrected chi connectivity index (χ0v) is 16.6. The molecule has 0 aliphatic carbocycles. The number of nitrogens with one attached hydrogen (secondary N) is 1. The van der Waals surface area contributed by atoms with Crippen LogP contribution in [0.25, 0.3) is 0 Å². The van der Waals surface area contributed by atoms with Crippen molar-refractivity contribution in [2.24, 2.45) is 5.92 Å². The molecular weight excluding hydrogens is 354 g/mol. The van der Waals surface area contributed by atoms with Gasteiger partial charge in [-0.15, -0.1) is 0 Å². The predicted octanol–water partition coefficient (Wildman–Crippen LogP) is 3.15. The van der Waals surface area contributed by atoms with Crippen LogP contribution in [0.3, 0.4) is 0 Å². The van der Waals surface area contributed by atoms with Crippen molar-refractivity contribution in [3.63, 3.8) is 0 Å². The standard InChI is InChI=1S/C19H28ClN3O3/c1-13(2)17(21-19(25)26-14(3)4)18(24)23-11-9-22(10-12-23)16-7-5-15(20)6-8-16/h5-8,13-14,17H,9-12H2,1-4H3,(H,21,25)/t17-/m0/s1. The minimum Gasteiger partial charge on any atom is -0.447 e. The van der Waals surface area contributed by atoms with E-state index >= 15 is 0 Å². The third-order valence-corrected chi connectivity index (χ3v) is 4.58. The smallest absolute Gasteiger partial charge is 0.408 e. The molecule has 0 saturated carbocycles. The topological polar surface area (TPSA) is 61.9 Å². The van der Waals surface area contributed by atoms with Crippen LogP contribution in [0.15, 0.2) is 24.3 Å². The summed E-state index contributed by atoms with van der Waals surface area (Å²) in [6.45, 7) is 10.1. The van der Waals surface area contributed by atoms with Gasteiger partial charge in [0.1, 0.15) is 6.04 Å². The van der Waals surface area contributed by atoms with Crippen molar-refractivity contribution >= 4 is 29.3 Å². The van der Waals surface area contributed by atoms with Gasteiger partial charge in [-0.25, -0.2) is 4.79 Å². The lowest BCUT2D eigenvalue weighted by Gasteiger charge is -2.38. The van der Waals surface area contributed by atoms with E-state index in [4.69, 9.17) is 16.3 Å². The molecule has 1 aromatic rings. The van der Waals surface area contributed by atoms with Gasteiger partial charge in [-0.1, -0.05) is 25.4 Å². The number of rotatable bonds is 5. The maximum atomic E-state index is 12.9. The minimum absolute atomic E-state index is 0.0171. The second-order valence-corrected chi connectivity index (χ2v) is 7.55. The van der Waals surface area contributed by atoms with Crippen LogP contribution in [0.4, 0.5) is 10.5 Å². The monoisotopic (exact) mass is 381 g/mol. The number of carbonyl (C=O) groups excluding carboxylic acids is 2. The molecule has 26 heavy (non-hydrogen) atoms. The van der Waals surface area contributed by atoms with Gasteiger partial charge in [-0.3, -0.25) is 4.79 Å². The highest BCUT2D eigenvalue weighted by Gasteiger charge is 2.31. The van der Waals surface area contributed by atoms with Gasteiger partial charge >= 0.3 is 6.09 Å². The summed E-state index contributed by atoms with van der Waals surface area (Å²) in [5.41, 5.74) is 1.10. The average molecular weight is 382 g/mol. The molecule has 0 aromatic heterocycles. The summed E-state index contributed by atoms with van der Waals surface area (Å²) in [5.74, 6) is -0.0760. The van der Waals surface area contributed by atoms with Crippen LogP contribution in [-0.4, -0.2) is 55.2 Å². The number of anilines is 1. The van der Waals surface area contributed by atoms with E-state index < -0.39 is 12.1 Å². The fourth-order valence-corrected chi connectivity index (χ4v) is 3.05. The molecule has 1 saturated heterocycles. The van der Waals surface area contributed by atoms with Gasteiger partial charge in [0.2, 0.25) is 5.91 Å². The third kappa shape index (κ3) is 5.53. The molecular formula is C19H28ClN3O3. The Kier molecular flexibility index (Phi) is 7.14. The zero-order valence-electron chi connectivity index (χ0n) is 15.9. The Morgan fingerprint density at radius 2 is 1.62 bits per heavy atom. The van der Waals surface area contributed by atoms with Crippen LogP contribution < -0.4 is 10.2 Å². The number of carbonyl (C=O) groups is 2. The lowest BCUT2D eigenvalue weighted by Crippen LogP contribution is -2.56. The summed E-state index contributed by atoms with van der Waals surface area (Å²) in [6.07, 6.45) is -0.771. The van der Waals surface area contributed by atoms with Crippen LogP contribution in [0.2, 0.25) is 5.02 Å². The van der Waals surface area contributed by atoms with E-state index in [2.05, 4.69) is 10.2 Å². The molecule has 1 N–H and O–H groups in total. The van der Waals surface area contributed by atoms with Crippen molar-refractivity contribution < 1.29 is 14.3 Å². The van der Waals surface area contributed by atoms with E-state index in [0.29, 0.717) is 18.1 Å². The highest BCUT2D eigenvalue weighted by molar-refractivity contribution is 6.30. The van der Waals surface area contributed by atoms with E-state index in [1.54, 1.807) is 13.8 Å². The largest absolute Gasteiger partial charge is 0.447 e. The van der Waals surface area contributed by atoms with E-state index in [0.717, 1.165) is 18.8 Å². The molecule has 1 aromatic carbocycles. The number of halogens is 1. The third-order valence-electron chi connectivity index (χ3n) is 4.33. The van der Waals surface area contributed by atoms with Crippen molar-refractivity contribution in [1.29, 1.82) is 0 Å². The zero-order chi connectivity index (χ0) is 19.3. The average Bonchev–Trinajstić information content (AvgIpc) is 2.59. The van der Waals surface area contributed by atoms with Gasteiger partial charge < -0.3 is 19.9 Å². The lowest BCUT2D eigenvalue weighted by molar-refractivity contribution is -0.134. The molecule has 0 radical (unpaired) electrons. The second-order valence-electron chi connectivity index (χ2n) is 7.11. The summed E-state index contributed by atoms with van der Waals surface area (Å²) >= 11 is 5.94. The van der Waals surface area contributed by atoms with Crippen molar-refractivity contribution in [1.82, 2.24) is 10.2 Å². The van der Waals surface area contributed by atoms with Crippen LogP contribution in [0.5, 0.6) is 0 Å². The molecule has 2 amide bonds. The molecule has 2 rings (SSSR count). The Bertz CT molecular complexity index is 611. The molecule has 7 heteroatoms.